The summed E-state index contributed by atoms with van der Waals surface area (Å²) in [4.78, 5) is 10.3. The van der Waals surface area contributed by atoms with Gasteiger partial charge in [-0.1, -0.05) is 6.07 Å². The fourth-order valence-electron chi connectivity index (χ4n) is 1.30. The van der Waals surface area contributed by atoms with E-state index in [1.165, 1.54) is 0 Å². The molecule has 0 bridgehead atoms. The highest BCUT2D eigenvalue weighted by molar-refractivity contribution is 5.59. The monoisotopic (exact) mass is 208 g/mol. The number of carbonyl (C=O) groups excluding carboxylic acids is 1. The number of ether oxygens (including phenoxy) is 2. The molecule has 1 aromatic carbocycles. The Hall–Kier alpha value is -1.55. The molecular formula is C11H14NO3. The molecule has 2 N–H and O–H groups in total. The number of methoxy groups -OCH3 is 2. The van der Waals surface area contributed by atoms with Crippen molar-refractivity contribution in [1.82, 2.24) is 0 Å². The highest BCUT2D eigenvalue weighted by Crippen LogP contribution is 2.27. The van der Waals surface area contributed by atoms with Crippen molar-refractivity contribution in [2.75, 3.05) is 14.2 Å². The van der Waals surface area contributed by atoms with Crippen molar-refractivity contribution in [3.63, 3.8) is 0 Å². The third-order valence-corrected chi connectivity index (χ3v) is 2.05. The maximum absolute atomic E-state index is 10.3. The number of rotatable bonds is 5. The lowest BCUT2D eigenvalue weighted by Gasteiger charge is -2.10. The van der Waals surface area contributed by atoms with E-state index in [0.717, 1.165) is 5.56 Å². The molecule has 15 heavy (non-hydrogen) atoms. The average molecular weight is 208 g/mol. The van der Waals surface area contributed by atoms with E-state index in [1.807, 2.05) is 6.07 Å². The van der Waals surface area contributed by atoms with Crippen LogP contribution in [0, 0.1) is 0 Å². The predicted octanol–water partition coefficient (Wildman–Crippen LogP) is 0.683. The highest BCUT2D eigenvalue weighted by atomic mass is 16.5. The fraction of sp³-hybridized carbons (Fsp3) is 0.364. The number of hydrogen-bond acceptors (Lipinski definition) is 4. The second-order valence-electron chi connectivity index (χ2n) is 3.12. The molecular weight excluding hydrogens is 194 g/mol. The molecule has 0 saturated carbocycles. The lowest BCUT2D eigenvalue weighted by molar-refractivity contribution is 0.354. The minimum absolute atomic E-state index is 0.448. The average Bonchev–Trinajstić information content (AvgIpc) is 2.28. The summed E-state index contributed by atoms with van der Waals surface area (Å²) in [6.07, 6.45) is 2.18. The Bertz CT molecular complexity index is 339. The Balaban J connectivity index is 2.87. The first kappa shape index (κ1) is 11.5. The lowest BCUT2D eigenvalue weighted by Crippen LogP contribution is -2.23. The maximum atomic E-state index is 10.3. The van der Waals surface area contributed by atoms with E-state index in [-0.39, 0.29) is 0 Å². The summed E-state index contributed by atoms with van der Waals surface area (Å²) in [6.45, 7) is 0. The minimum atomic E-state index is -0.594. The molecule has 4 nitrogen and oxygen atoms in total. The second kappa shape index (κ2) is 5.36. The molecule has 0 aliphatic rings. The zero-order valence-electron chi connectivity index (χ0n) is 8.82. The van der Waals surface area contributed by atoms with Crippen molar-refractivity contribution < 1.29 is 14.3 Å². The van der Waals surface area contributed by atoms with E-state index < -0.39 is 6.04 Å². The van der Waals surface area contributed by atoms with Gasteiger partial charge in [-0.25, -0.2) is 0 Å². The fourth-order valence-corrected chi connectivity index (χ4v) is 1.30. The lowest BCUT2D eigenvalue weighted by atomic mass is 10.1. The molecule has 1 atom stereocenters. The Morgan fingerprint density at radius 2 is 2.00 bits per heavy atom. The summed E-state index contributed by atoms with van der Waals surface area (Å²) in [5.74, 6) is 1.29. The van der Waals surface area contributed by atoms with Crippen LogP contribution >= 0.6 is 0 Å². The van der Waals surface area contributed by atoms with E-state index in [4.69, 9.17) is 15.2 Å². The molecule has 0 amide bonds. The first-order chi connectivity index (χ1) is 7.21. The summed E-state index contributed by atoms with van der Waals surface area (Å²) in [5.41, 5.74) is 6.39. The van der Waals surface area contributed by atoms with Gasteiger partial charge in [-0.05, 0) is 24.1 Å². The van der Waals surface area contributed by atoms with Gasteiger partial charge in [0.25, 0.3) is 0 Å². The van der Waals surface area contributed by atoms with Crippen LogP contribution in [0.4, 0.5) is 0 Å². The molecule has 0 fully saturated rings. The van der Waals surface area contributed by atoms with Crippen molar-refractivity contribution in [3.05, 3.63) is 23.8 Å². The van der Waals surface area contributed by atoms with Crippen LogP contribution in [0.5, 0.6) is 11.5 Å². The normalized spacial score (nSPS) is 11.9. The number of benzene rings is 1. The summed E-state index contributed by atoms with van der Waals surface area (Å²) in [7, 11) is 3.13. The van der Waals surface area contributed by atoms with E-state index in [9.17, 15) is 4.79 Å². The summed E-state index contributed by atoms with van der Waals surface area (Å²) < 4.78 is 10.2. The molecule has 0 aromatic heterocycles. The third kappa shape index (κ3) is 2.95. The largest absolute Gasteiger partial charge is 0.493 e. The van der Waals surface area contributed by atoms with E-state index in [2.05, 4.69) is 0 Å². The minimum Gasteiger partial charge on any atom is -0.493 e. The summed E-state index contributed by atoms with van der Waals surface area (Å²) >= 11 is 0. The maximum Gasteiger partial charge on any atom is 0.217 e. The standard InChI is InChI=1S/C11H14NO3/c1-14-10-4-3-8(5-9(12)7-13)6-11(10)15-2/h3-4,6,9H,5,12H2,1-2H3/t9-/m0/s1. The van der Waals surface area contributed by atoms with E-state index in [1.54, 1.807) is 32.6 Å². The van der Waals surface area contributed by atoms with Gasteiger partial charge in [0.1, 0.15) is 0 Å². The summed E-state index contributed by atoms with van der Waals surface area (Å²) in [6, 6.07) is 4.84. The van der Waals surface area contributed by atoms with Gasteiger partial charge in [0, 0.05) is 0 Å². The van der Waals surface area contributed by atoms with Gasteiger partial charge >= 0.3 is 0 Å². The number of nitrogens with two attached hydrogens (primary N) is 1. The van der Waals surface area contributed by atoms with Gasteiger partial charge in [-0.15, -0.1) is 0 Å². The van der Waals surface area contributed by atoms with Gasteiger partial charge in [0.05, 0.1) is 20.3 Å². The molecule has 1 radical (unpaired) electrons. The van der Waals surface area contributed by atoms with Gasteiger partial charge in [-0.2, -0.15) is 0 Å². The zero-order chi connectivity index (χ0) is 11.3. The van der Waals surface area contributed by atoms with Crippen molar-refractivity contribution in [3.8, 4) is 11.5 Å². The highest BCUT2D eigenvalue weighted by Gasteiger charge is 2.07. The van der Waals surface area contributed by atoms with Crippen molar-refractivity contribution in [1.29, 1.82) is 0 Å². The Morgan fingerprint density at radius 3 is 2.53 bits per heavy atom. The molecule has 0 heterocycles. The van der Waals surface area contributed by atoms with E-state index >= 15 is 0 Å². The van der Waals surface area contributed by atoms with Crippen LogP contribution in [0.15, 0.2) is 18.2 Å². The van der Waals surface area contributed by atoms with Crippen LogP contribution in [0.1, 0.15) is 5.56 Å². The first-order valence-electron chi connectivity index (χ1n) is 4.55. The predicted molar refractivity (Wildman–Crippen MR) is 56.9 cm³/mol. The number of hydrogen-bond donors (Lipinski definition) is 1. The van der Waals surface area contributed by atoms with Gasteiger partial charge in [0.15, 0.2) is 11.5 Å². The smallest absolute Gasteiger partial charge is 0.217 e. The molecule has 0 aliphatic heterocycles. The van der Waals surface area contributed by atoms with Crippen LogP contribution in [-0.2, 0) is 11.2 Å². The van der Waals surface area contributed by atoms with Crippen molar-refractivity contribution in [2.24, 2.45) is 5.73 Å². The molecule has 4 heteroatoms. The SMILES string of the molecule is COc1ccc(C[C@H](N)[C]=O)cc1OC. The molecule has 0 aliphatic carbocycles. The van der Waals surface area contributed by atoms with Crippen LogP contribution in [0.2, 0.25) is 0 Å². The zero-order valence-corrected chi connectivity index (χ0v) is 8.82. The van der Waals surface area contributed by atoms with Gasteiger partial charge in [0.2, 0.25) is 6.29 Å². The quantitative estimate of drug-likeness (QED) is 0.773. The van der Waals surface area contributed by atoms with Crippen molar-refractivity contribution >= 4 is 6.29 Å². The van der Waals surface area contributed by atoms with Crippen LogP contribution in [0.3, 0.4) is 0 Å². The van der Waals surface area contributed by atoms with E-state index in [0.29, 0.717) is 17.9 Å². The Labute approximate surface area is 89.0 Å². The molecule has 0 spiro atoms. The second-order valence-corrected chi connectivity index (χ2v) is 3.12. The topological polar surface area (TPSA) is 61.5 Å². The van der Waals surface area contributed by atoms with Crippen LogP contribution in [0.25, 0.3) is 0 Å². The summed E-state index contributed by atoms with van der Waals surface area (Å²) in [5, 5.41) is 0. The third-order valence-electron chi connectivity index (χ3n) is 2.05. The van der Waals surface area contributed by atoms with Gasteiger partial charge in [-0.3, -0.25) is 4.79 Å². The van der Waals surface area contributed by atoms with Crippen LogP contribution in [-0.4, -0.2) is 26.5 Å². The Kier molecular flexibility index (Phi) is 4.12. The van der Waals surface area contributed by atoms with Crippen molar-refractivity contribution in [2.45, 2.75) is 12.5 Å². The van der Waals surface area contributed by atoms with Gasteiger partial charge < -0.3 is 15.2 Å². The molecule has 0 saturated heterocycles. The molecule has 0 unspecified atom stereocenters. The van der Waals surface area contributed by atoms with Crippen LogP contribution < -0.4 is 15.2 Å². The first-order valence-corrected chi connectivity index (χ1v) is 4.55. The molecule has 81 valence electrons. The molecule has 1 rings (SSSR count). The molecule has 1 aromatic rings. The Morgan fingerprint density at radius 1 is 1.33 bits per heavy atom.